The van der Waals surface area contributed by atoms with Crippen molar-refractivity contribution in [1.29, 1.82) is 0 Å². The van der Waals surface area contributed by atoms with E-state index in [1.165, 1.54) is 76.0 Å². The van der Waals surface area contributed by atoms with E-state index < -0.39 is 0 Å². The molecule has 47 heavy (non-hydrogen) atoms. The summed E-state index contributed by atoms with van der Waals surface area (Å²) >= 11 is 31.5. The zero-order valence-electron chi connectivity index (χ0n) is 26.3. The van der Waals surface area contributed by atoms with Crippen LogP contribution in [0.1, 0.15) is 90.4 Å². The van der Waals surface area contributed by atoms with Crippen LogP contribution >= 0.6 is 58.0 Å². The van der Waals surface area contributed by atoms with Crippen LogP contribution in [-0.2, 0) is 9.59 Å². The number of hydrogen-bond donors (Lipinski definition) is 2. The van der Waals surface area contributed by atoms with Crippen molar-refractivity contribution >= 4 is 92.7 Å². The molecule has 0 fully saturated rings. The number of unbranched alkanes of at least 4 members (excludes halogenated alkanes) is 10. The van der Waals surface area contributed by atoms with Gasteiger partial charge in [-0.05, 0) is 48.9 Å². The SMILES string of the molecule is CCCCCCCCCCCCCC(=O)Nc1ccc(Oc2cc(NC3=NN(c4c(Cl)cc(Cl)cc4Cl)C(=O)C3)c(Cl)cc2Cl)cc1. The number of nitrogens with one attached hydrogen (secondary N) is 2. The van der Waals surface area contributed by atoms with E-state index in [0.29, 0.717) is 45.2 Å². The van der Waals surface area contributed by atoms with Crippen LogP contribution in [0.2, 0.25) is 25.1 Å². The number of ether oxygens (including phenoxy) is 1. The summed E-state index contributed by atoms with van der Waals surface area (Å²) in [6.07, 6.45) is 14.1. The second kappa shape index (κ2) is 18.8. The van der Waals surface area contributed by atoms with E-state index in [0.717, 1.165) is 17.9 Å². The van der Waals surface area contributed by atoms with Crippen molar-refractivity contribution in [2.75, 3.05) is 15.6 Å². The summed E-state index contributed by atoms with van der Waals surface area (Å²) in [5.41, 5.74) is 1.35. The Labute approximate surface area is 301 Å². The van der Waals surface area contributed by atoms with Crippen LogP contribution in [-0.4, -0.2) is 17.6 Å². The van der Waals surface area contributed by atoms with E-state index in [1.807, 2.05) is 0 Å². The topological polar surface area (TPSA) is 83.0 Å². The average Bonchev–Trinajstić information content (AvgIpc) is 3.37. The normalized spacial score (nSPS) is 12.8. The number of halogens is 5. The van der Waals surface area contributed by atoms with E-state index in [1.54, 1.807) is 30.3 Å². The first kappa shape index (κ1) is 37.1. The Kier molecular flexibility index (Phi) is 14.8. The van der Waals surface area contributed by atoms with Gasteiger partial charge in [-0.15, -0.1) is 0 Å². The predicted molar refractivity (Wildman–Crippen MR) is 197 cm³/mol. The smallest absolute Gasteiger partial charge is 0.255 e. The molecule has 2 N–H and O–H groups in total. The fourth-order valence-electron chi connectivity index (χ4n) is 5.18. The van der Waals surface area contributed by atoms with Crippen LogP contribution in [0, 0.1) is 0 Å². The molecule has 0 saturated carbocycles. The minimum Gasteiger partial charge on any atom is -0.456 e. The lowest BCUT2D eigenvalue weighted by molar-refractivity contribution is -0.117. The Bertz CT molecular complexity index is 1540. The van der Waals surface area contributed by atoms with Gasteiger partial charge in [0.05, 0.1) is 32.2 Å². The molecule has 4 rings (SSSR count). The molecule has 3 aromatic carbocycles. The molecule has 12 heteroatoms. The third kappa shape index (κ3) is 11.5. The number of nitrogens with zero attached hydrogens (tertiary/aromatic N) is 2. The van der Waals surface area contributed by atoms with Crippen molar-refractivity contribution in [2.24, 2.45) is 5.10 Å². The van der Waals surface area contributed by atoms with E-state index in [9.17, 15) is 9.59 Å². The van der Waals surface area contributed by atoms with Gasteiger partial charge in [-0.2, -0.15) is 10.1 Å². The summed E-state index contributed by atoms with van der Waals surface area (Å²) in [6.45, 7) is 2.24. The Morgan fingerprint density at radius 2 is 1.38 bits per heavy atom. The quantitative estimate of drug-likeness (QED) is 0.135. The first-order valence-corrected chi connectivity index (χ1v) is 17.9. The van der Waals surface area contributed by atoms with Crippen LogP contribution in [0.4, 0.5) is 17.1 Å². The van der Waals surface area contributed by atoms with Gasteiger partial charge < -0.3 is 15.4 Å². The number of anilines is 3. The molecule has 0 atom stereocenters. The van der Waals surface area contributed by atoms with Gasteiger partial charge in [0.2, 0.25) is 5.91 Å². The molecule has 2 amide bonds. The van der Waals surface area contributed by atoms with Gasteiger partial charge in [0.1, 0.15) is 23.0 Å². The lowest BCUT2D eigenvalue weighted by atomic mass is 10.1. The molecule has 1 heterocycles. The monoisotopic (exact) mass is 738 g/mol. The van der Waals surface area contributed by atoms with Gasteiger partial charge in [0.15, 0.2) is 0 Å². The molecule has 1 aliphatic heterocycles. The second-order valence-electron chi connectivity index (χ2n) is 11.5. The van der Waals surface area contributed by atoms with Gasteiger partial charge in [0.25, 0.3) is 5.91 Å². The van der Waals surface area contributed by atoms with Gasteiger partial charge in [0, 0.05) is 23.2 Å². The molecule has 0 radical (unpaired) electrons. The summed E-state index contributed by atoms with van der Waals surface area (Å²) < 4.78 is 6.02. The highest BCUT2D eigenvalue weighted by Crippen LogP contribution is 2.40. The fourth-order valence-corrected chi connectivity index (χ4v) is 6.62. The first-order chi connectivity index (χ1) is 22.6. The molecular weight excluding hydrogens is 702 g/mol. The number of amides is 2. The molecule has 1 aliphatic rings. The Hall–Kier alpha value is -2.68. The average molecular weight is 741 g/mol. The van der Waals surface area contributed by atoms with Crippen LogP contribution in [0.15, 0.2) is 53.6 Å². The highest BCUT2D eigenvalue weighted by Gasteiger charge is 2.29. The number of hydrogen-bond acceptors (Lipinski definition) is 5. The van der Waals surface area contributed by atoms with Crippen molar-refractivity contribution in [3.63, 3.8) is 0 Å². The molecule has 0 spiro atoms. The number of carbonyl (C=O) groups excluding carboxylic acids is 2. The van der Waals surface area contributed by atoms with Crippen molar-refractivity contribution in [1.82, 2.24) is 0 Å². The first-order valence-electron chi connectivity index (χ1n) is 16.0. The summed E-state index contributed by atoms with van der Waals surface area (Å²) in [6, 6.07) is 13.2. The third-order valence-electron chi connectivity index (χ3n) is 7.64. The zero-order valence-corrected chi connectivity index (χ0v) is 30.1. The van der Waals surface area contributed by atoms with Gasteiger partial charge in [-0.25, -0.2) is 0 Å². The lowest BCUT2D eigenvalue weighted by Crippen LogP contribution is -2.20. The predicted octanol–water partition coefficient (Wildman–Crippen LogP) is 12.5. The molecule has 0 aliphatic carbocycles. The largest absolute Gasteiger partial charge is 0.456 e. The minimum atomic E-state index is -0.342. The molecule has 0 bridgehead atoms. The molecule has 0 unspecified atom stereocenters. The van der Waals surface area contributed by atoms with Crippen LogP contribution in [0.5, 0.6) is 11.5 Å². The molecule has 3 aromatic rings. The summed E-state index contributed by atoms with van der Waals surface area (Å²) in [7, 11) is 0. The van der Waals surface area contributed by atoms with E-state index >= 15 is 0 Å². The van der Waals surface area contributed by atoms with Crippen molar-refractivity contribution in [3.05, 3.63) is 73.6 Å². The minimum absolute atomic E-state index is 0.00136. The summed E-state index contributed by atoms with van der Waals surface area (Å²) in [5.74, 6) is 0.817. The molecule has 7 nitrogen and oxygen atoms in total. The highest BCUT2D eigenvalue weighted by molar-refractivity contribution is 6.43. The number of rotatable bonds is 17. The highest BCUT2D eigenvalue weighted by atomic mass is 35.5. The number of hydrazone groups is 1. The van der Waals surface area contributed by atoms with Gasteiger partial charge >= 0.3 is 0 Å². The summed E-state index contributed by atoms with van der Waals surface area (Å²) in [4.78, 5) is 25.2. The second-order valence-corrected chi connectivity index (χ2v) is 13.6. The van der Waals surface area contributed by atoms with Crippen molar-refractivity contribution in [3.8, 4) is 11.5 Å². The number of amidine groups is 1. The standard InChI is InChI=1S/C35H39Cl5N4O3/c1-2-3-4-5-6-7-8-9-10-11-12-13-33(45)41-24-14-16-25(17-15-24)47-31-21-30(26(37)20-27(31)38)42-32-22-34(46)44(43-32)35-28(39)18-23(36)19-29(35)40/h14-21H,2-13,22H2,1H3,(H,41,45)(H,42,43). The van der Waals surface area contributed by atoms with Crippen molar-refractivity contribution in [2.45, 2.75) is 90.4 Å². The Morgan fingerprint density at radius 3 is 2.00 bits per heavy atom. The van der Waals surface area contributed by atoms with Gasteiger partial charge in [-0.3, -0.25) is 9.59 Å². The number of benzene rings is 3. The Balaban J connectivity index is 1.26. The molecule has 252 valence electrons. The van der Waals surface area contributed by atoms with Crippen molar-refractivity contribution < 1.29 is 14.3 Å². The molecule has 0 aromatic heterocycles. The van der Waals surface area contributed by atoms with E-state index in [-0.39, 0.29) is 39.0 Å². The van der Waals surface area contributed by atoms with Crippen LogP contribution < -0.4 is 20.4 Å². The zero-order chi connectivity index (χ0) is 33.8. The summed E-state index contributed by atoms with van der Waals surface area (Å²) in [5, 5.41) is 12.8. The lowest BCUT2D eigenvalue weighted by Gasteiger charge is -2.15. The number of carbonyl (C=O) groups is 2. The van der Waals surface area contributed by atoms with Crippen LogP contribution in [0.25, 0.3) is 0 Å². The molecule has 0 saturated heterocycles. The maximum Gasteiger partial charge on any atom is 0.255 e. The maximum absolute atomic E-state index is 12.8. The Morgan fingerprint density at radius 1 is 0.787 bits per heavy atom. The third-order valence-corrected chi connectivity index (χ3v) is 9.05. The van der Waals surface area contributed by atoms with E-state index in [4.69, 9.17) is 62.7 Å². The van der Waals surface area contributed by atoms with E-state index in [2.05, 4.69) is 22.7 Å². The van der Waals surface area contributed by atoms with Gasteiger partial charge in [-0.1, -0.05) is 129 Å². The maximum atomic E-state index is 12.8. The fraction of sp³-hybridized carbons (Fsp3) is 0.400. The molecular formula is C35H39Cl5N4O3. The van der Waals surface area contributed by atoms with Crippen LogP contribution in [0.3, 0.4) is 0 Å².